The second-order valence-corrected chi connectivity index (χ2v) is 4.64. The molecule has 0 radical (unpaired) electrons. The number of ether oxygens (including phenoxy) is 1. The van der Waals surface area contributed by atoms with Gasteiger partial charge in [0.15, 0.2) is 0 Å². The van der Waals surface area contributed by atoms with Gasteiger partial charge in [-0.05, 0) is 6.92 Å². The fourth-order valence-electron chi connectivity index (χ4n) is 2.13. The lowest BCUT2D eigenvalue weighted by Crippen LogP contribution is -2.39. The molecule has 0 amide bonds. The van der Waals surface area contributed by atoms with Gasteiger partial charge in [-0.1, -0.05) is 0 Å². The van der Waals surface area contributed by atoms with E-state index in [1.165, 1.54) is 10.8 Å². The fraction of sp³-hybridized carbons (Fsp3) is 0.636. The topological polar surface area (TPSA) is 131 Å². The van der Waals surface area contributed by atoms with Crippen LogP contribution in [0.5, 0.6) is 0 Å². The molecule has 1 aliphatic rings. The van der Waals surface area contributed by atoms with Crippen LogP contribution in [-0.2, 0) is 4.74 Å². The average Bonchev–Trinajstić information content (AvgIpc) is 2.75. The number of aliphatic hydroxyl groups is 2. The third-order valence-electron chi connectivity index (χ3n) is 3.21. The van der Waals surface area contributed by atoms with Crippen molar-refractivity contribution in [2.75, 3.05) is 6.54 Å². The van der Waals surface area contributed by atoms with Gasteiger partial charge in [0.2, 0.25) is 0 Å². The molecule has 5 N–H and O–H groups in total. The Morgan fingerprint density at radius 1 is 1.63 bits per heavy atom. The zero-order valence-corrected chi connectivity index (χ0v) is 10.4. The number of rotatable bonds is 3. The quantitative estimate of drug-likeness (QED) is 0.494. The number of nitrogens with two attached hydrogens (primary N) is 1. The summed E-state index contributed by atoms with van der Waals surface area (Å²) in [6, 6.07) is 0. The van der Waals surface area contributed by atoms with Crippen molar-refractivity contribution in [3.8, 4) is 0 Å². The van der Waals surface area contributed by atoms with E-state index in [0.717, 1.165) is 0 Å². The molecule has 8 heteroatoms. The molecule has 2 rings (SSSR count). The summed E-state index contributed by atoms with van der Waals surface area (Å²) in [6.07, 6.45) is -1.97. The Balaban J connectivity index is 2.28. The Morgan fingerprint density at radius 2 is 2.32 bits per heavy atom. The highest BCUT2D eigenvalue weighted by Gasteiger charge is 2.39. The van der Waals surface area contributed by atoms with Crippen LogP contribution in [-0.4, -0.2) is 44.6 Å². The van der Waals surface area contributed by atoms with E-state index in [9.17, 15) is 19.8 Å². The molecule has 106 valence electrons. The number of nitrogens with one attached hydrogen (secondary N) is 1. The lowest BCUT2D eigenvalue weighted by atomic mass is 10.1. The van der Waals surface area contributed by atoms with Gasteiger partial charge in [0.05, 0.1) is 12.2 Å². The van der Waals surface area contributed by atoms with Crippen LogP contribution in [0.4, 0.5) is 0 Å². The van der Waals surface area contributed by atoms with Gasteiger partial charge in [0.25, 0.3) is 5.56 Å². The summed E-state index contributed by atoms with van der Waals surface area (Å²) >= 11 is 0. The highest BCUT2D eigenvalue weighted by molar-refractivity contribution is 5.02. The second kappa shape index (κ2) is 5.25. The van der Waals surface area contributed by atoms with E-state index >= 15 is 0 Å². The maximum atomic E-state index is 11.7. The van der Waals surface area contributed by atoms with Crippen molar-refractivity contribution >= 4 is 0 Å². The van der Waals surface area contributed by atoms with Crippen molar-refractivity contribution in [3.05, 3.63) is 32.6 Å². The van der Waals surface area contributed by atoms with Gasteiger partial charge in [0.1, 0.15) is 12.3 Å². The number of hydrogen-bond acceptors (Lipinski definition) is 6. The Labute approximate surface area is 108 Å². The molecule has 1 aromatic heterocycles. The molecule has 0 aliphatic carbocycles. The number of aryl methyl sites for hydroxylation is 1. The van der Waals surface area contributed by atoms with Gasteiger partial charge in [-0.15, -0.1) is 0 Å². The molecule has 19 heavy (non-hydrogen) atoms. The maximum Gasteiger partial charge on any atom is 0.330 e. The van der Waals surface area contributed by atoms with E-state index in [4.69, 9.17) is 10.5 Å². The minimum atomic E-state index is -1.00. The van der Waals surface area contributed by atoms with Crippen molar-refractivity contribution in [2.24, 2.45) is 5.73 Å². The Bertz CT molecular complexity index is 566. The van der Waals surface area contributed by atoms with E-state index in [2.05, 4.69) is 4.98 Å². The van der Waals surface area contributed by atoms with Crippen molar-refractivity contribution in [3.63, 3.8) is 0 Å². The normalized spacial score (nSPS) is 28.5. The van der Waals surface area contributed by atoms with Crippen LogP contribution in [0.1, 0.15) is 18.2 Å². The van der Waals surface area contributed by atoms with Crippen LogP contribution in [0, 0.1) is 6.92 Å². The van der Waals surface area contributed by atoms with E-state index in [1.54, 1.807) is 6.92 Å². The van der Waals surface area contributed by atoms with Gasteiger partial charge >= 0.3 is 5.69 Å². The zero-order chi connectivity index (χ0) is 14.2. The van der Waals surface area contributed by atoms with Gasteiger partial charge in [0, 0.05) is 24.7 Å². The number of aromatic nitrogens is 2. The van der Waals surface area contributed by atoms with Gasteiger partial charge in [-0.3, -0.25) is 14.3 Å². The maximum absolute atomic E-state index is 11.7. The molecule has 0 saturated carbocycles. The summed E-state index contributed by atoms with van der Waals surface area (Å²) in [5.74, 6) is 0. The third kappa shape index (κ3) is 2.61. The first-order chi connectivity index (χ1) is 8.93. The molecule has 4 atom stereocenters. The minimum absolute atomic E-state index is 0.0476. The summed E-state index contributed by atoms with van der Waals surface area (Å²) < 4.78 is 6.65. The number of aromatic amines is 1. The molecule has 0 bridgehead atoms. The first-order valence-corrected chi connectivity index (χ1v) is 5.97. The van der Waals surface area contributed by atoms with Crippen LogP contribution < -0.4 is 17.0 Å². The molecule has 1 unspecified atom stereocenters. The third-order valence-corrected chi connectivity index (χ3v) is 3.21. The van der Waals surface area contributed by atoms with E-state index in [0.29, 0.717) is 5.56 Å². The van der Waals surface area contributed by atoms with Crippen molar-refractivity contribution < 1.29 is 14.9 Å². The number of nitrogens with zero attached hydrogens (tertiary/aromatic N) is 1. The number of hydrogen-bond donors (Lipinski definition) is 4. The van der Waals surface area contributed by atoms with Crippen LogP contribution in [0.3, 0.4) is 0 Å². The van der Waals surface area contributed by atoms with Crippen molar-refractivity contribution in [1.82, 2.24) is 9.55 Å². The van der Waals surface area contributed by atoms with Crippen LogP contribution >= 0.6 is 0 Å². The second-order valence-electron chi connectivity index (χ2n) is 4.64. The molecule has 2 heterocycles. The molecule has 1 aromatic rings. The summed E-state index contributed by atoms with van der Waals surface area (Å²) in [5.41, 5.74) is 4.60. The molecule has 1 fully saturated rings. The molecule has 0 aromatic carbocycles. The number of aliphatic hydroxyl groups excluding tert-OH is 2. The van der Waals surface area contributed by atoms with Crippen LogP contribution in [0.15, 0.2) is 15.8 Å². The molecule has 8 nitrogen and oxygen atoms in total. The van der Waals surface area contributed by atoms with E-state index < -0.39 is 35.8 Å². The molecule has 1 saturated heterocycles. The van der Waals surface area contributed by atoms with Gasteiger partial charge in [-0.25, -0.2) is 4.79 Å². The summed E-state index contributed by atoms with van der Waals surface area (Å²) in [5, 5.41) is 19.4. The van der Waals surface area contributed by atoms with Gasteiger partial charge in [-0.2, -0.15) is 0 Å². The average molecular weight is 271 g/mol. The monoisotopic (exact) mass is 271 g/mol. The predicted octanol–water partition coefficient (Wildman–Crippen LogP) is -2.19. The summed E-state index contributed by atoms with van der Waals surface area (Å²) in [7, 11) is 0. The molecular weight excluding hydrogens is 254 g/mol. The largest absolute Gasteiger partial charge is 0.390 e. The fourth-order valence-corrected chi connectivity index (χ4v) is 2.13. The molecular formula is C11H17N3O5. The molecule has 0 spiro atoms. The smallest absolute Gasteiger partial charge is 0.330 e. The SMILES string of the molecule is Cc1cn([C@H]2C[C@H](O)[C@@H](C(O)CN)O2)c(=O)[nH]c1=O. The summed E-state index contributed by atoms with van der Waals surface area (Å²) in [4.78, 5) is 25.1. The van der Waals surface area contributed by atoms with E-state index in [-0.39, 0.29) is 13.0 Å². The Kier molecular flexibility index (Phi) is 3.85. The Hall–Kier alpha value is -1.48. The zero-order valence-electron chi connectivity index (χ0n) is 10.4. The summed E-state index contributed by atoms with van der Waals surface area (Å²) in [6.45, 7) is 1.51. The van der Waals surface area contributed by atoms with Crippen LogP contribution in [0.2, 0.25) is 0 Å². The Morgan fingerprint density at radius 3 is 2.95 bits per heavy atom. The lowest BCUT2D eigenvalue weighted by Gasteiger charge is -2.20. The highest BCUT2D eigenvalue weighted by atomic mass is 16.5. The minimum Gasteiger partial charge on any atom is -0.390 e. The highest BCUT2D eigenvalue weighted by Crippen LogP contribution is 2.29. The molecule has 1 aliphatic heterocycles. The van der Waals surface area contributed by atoms with Gasteiger partial charge < -0.3 is 20.7 Å². The van der Waals surface area contributed by atoms with Crippen molar-refractivity contribution in [1.29, 1.82) is 0 Å². The van der Waals surface area contributed by atoms with E-state index in [1.807, 2.05) is 0 Å². The number of H-pyrrole nitrogens is 1. The lowest BCUT2D eigenvalue weighted by molar-refractivity contribution is -0.0798. The first-order valence-electron chi connectivity index (χ1n) is 5.97. The standard InChI is InChI=1S/C11H17N3O5/c1-5-4-14(11(18)13-10(5)17)8-2-6(15)9(19-8)7(16)3-12/h4,6-9,15-16H,2-3,12H2,1H3,(H,13,17,18)/t6-,7?,8+,9-/m0/s1. The van der Waals surface area contributed by atoms with Crippen molar-refractivity contribution in [2.45, 2.75) is 37.9 Å². The predicted molar refractivity (Wildman–Crippen MR) is 65.7 cm³/mol. The first kappa shape index (κ1) is 13.9. The van der Waals surface area contributed by atoms with Crippen LogP contribution in [0.25, 0.3) is 0 Å².